The molecule has 4 aliphatic carbocycles. The van der Waals surface area contributed by atoms with Gasteiger partial charge in [-0.3, -0.25) is 14.9 Å². The zero-order valence-corrected chi connectivity index (χ0v) is 18.7. The first-order chi connectivity index (χ1) is 14.9. The second kappa shape index (κ2) is 10.6. The van der Waals surface area contributed by atoms with E-state index < -0.39 is 11.9 Å². The predicted molar refractivity (Wildman–Crippen MR) is 110 cm³/mol. The zero-order chi connectivity index (χ0) is 21.8. The predicted octanol–water partition coefficient (Wildman–Crippen LogP) is 0.898. The van der Waals surface area contributed by atoms with Crippen molar-refractivity contribution in [3.8, 4) is 11.4 Å². The number of hydrogen-bond acceptors (Lipinski definition) is 7. The quantitative estimate of drug-likeness (QED) is 0.560. The number of carboxylic acid groups (broad SMARTS) is 2. The molecular formula is C24H27CuN3O4. The SMILES string of the molecule is O=C([O-])CN(CC(=O)[O-])C12CC3CC(CC(C3)C1)C2.[Cu+2].c1ccc(-c2ccccn2)nc1. The molecule has 2 aromatic heterocycles. The summed E-state index contributed by atoms with van der Waals surface area (Å²) in [7, 11) is 0. The zero-order valence-electron chi connectivity index (χ0n) is 17.8. The summed E-state index contributed by atoms with van der Waals surface area (Å²) >= 11 is 0. The smallest absolute Gasteiger partial charge is 0.549 e. The Morgan fingerprint density at radius 3 is 1.53 bits per heavy atom. The van der Waals surface area contributed by atoms with E-state index in [4.69, 9.17) is 0 Å². The van der Waals surface area contributed by atoms with Crippen molar-refractivity contribution in [2.24, 2.45) is 17.8 Å². The summed E-state index contributed by atoms with van der Waals surface area (Å²) in [5, 5.41) is 21.8. The van der Waals surface area contributed by atoms with Crippen LogP contribution < -0.4 is 10.2 Å². The number of aromatic nitrogens is 2. The largest absolute Gasteiger partial charge is 2.00 e. The molecule has 0 unspecified atom stereocenters. The van der Waals surface area contributed by atoms with Crippen LogP contribution in [0.1, 0.15) is 38.5 Å². The fourth-order valence-electron chi connectivity index (χ4n) is 6.18. The van der Waals surface area contributed by atoms with Gasteiger partial charge in [0, 0.05) is 31.0 Å². The first-order valence-corrected chi connectivity index (χ1v) is 10.9. The topological polar surface area (TPSA) is 109 Å². The van der Waals surface area contributed by atoms with Crippen molar-refractivity contribution in [1.82, 2.24) is 14.9 Å². The number of pyridine rings is 2. The van der Waals surface area contributed by atoms with E-state index in [1.807, 2.05) is 36.4 Å². The van der Waals surface area contributed by atoms with Crippen molar-refractivity contribution in [3.63, 3.8) is 0 Å². The minimum Gasteiger partial charge on any atom is -0.549 e. The molecule has 0 aromatic carbocycles. The van der Waals surface area contributed by atoms with E-state index in [1.165, 1.54) is 19.3 Å². The van der Waals surface area contributed by atoms with Gasteiger partial charge in [-0.25, -0.2) is 0 Å². The minimum absolute atomic E-state index is 0. The average molecular weight is 485 g/mol. The van der Waals surface area contributed by atoms with Crippen LogP contribution in [0.4, 0.5) is 0 Å². The number of carbonyl (C=O) groups is 2. The van der Waals surface area contributed by atoms with Crippen LogP contribution in [-0.2, 0) is 26.7 Å². The fourth-order valence-corrected chi connectivity index (χ4v) is 6.18. The molecule has 4 saturated carbocycles. The van der Waals surface area contributed by atoms with Crippen LogP contribution in [0, 0.1) is 17.8 Å². The Balaban J connectivity index is 0.000000193. The molecule has 0 saturated heterocycles. The van der Waals surface area contributed by atoms with Crippen molar-refractivity contribution >= 4 is 11.9 Å². The number of hydrogen-bond donors (Lipinski definition) is 0. The number of rotatable bonds is 6. The van der Waals surface area contributed by atoms with Crippen LogP contribution >= 0.6 is 0 Å². The van der Waals surface area contributed by atoms with Crippen molar-refractivity contribution in [1.29, 1.82) is 0 Å². The molecule has 4 aliphatic rings. The molecule has 0 aliphatic heterocycles. The normalized spacial score (nSPS) is 27.2. The Labute approximate surface area is 198 Å². The Kier molecular flexibility index (Phi) is 8.04. The minimum atomic E-state index is -1.20. The maximum Gasteiger partial charge on any atom is 2.00 e. The summed E-state index contributed by atoms with van der Waals surface area (Å²) in [5.74, 6) is -0.444. The van der Waals surface area contributed by atoms with Crippen LogP contribution in [0.25, 0.3) is 11.4 Å². The monoisotopic (exact) mass is 484 g/mol. The summed E-state index contributed by atoms with van der Waals surface area (Å²) in [6.45, 7) is -0.583. The molecule has 4 bridgehead atoms. The van der Waals surface area contributed by atoms with E-state index >= 15 is 0 Å². The molecule has 0 N–H and O–H groups in total. The van der Waals surface area contributed by atoms with Crippen molar-refractivity contribution in [2.75, 3.05) is 13.1 Å². The van der Waals surface area contributed by atoms with Crippen molar-refractivity contribution < 1.29 is 36.9 Å². The van der Waals surface area contributed by atoms with Gasteiger partial charge in [0.15, 0.2) is 0 Å². The third-order valence-electron chi connectivity index (χ3n) is 6.91. The molecule has 2 heterocycles. The van der Waals surface area contributed by atoms with Gasteiger partial charge in [0.05, 0.1) is 23.3 Å². The van der Waals surface area contributed by atoms with Crippen molar-refractivity contribution in [3.05, 3.63) is 48.8 Å². The molecule has 0 atom stereocenters. The van der Waals surface area contributed by atoms with Gasteiger partial charge in [-0.15, -0.1) is 0 Å². The maximum atomic E-state index is 10.9. The number of aliphatic carboxylic acids is 2. The summed E-state index contributed by atoms with van der Waals surface area (Å²) in [6.07, 6.45) is 10.1. The number of carbonyl (C=O) groups excluding carboxylic acids is 2. The van der Waals surface area contributed by atoms with E-state index in [0.29, 0.717) is 17.8 Å². The second-order valence-electron chi connectivity index (χ2n) is 9.17. The third-order valence-corrected chi connectivity index (χ3v) is 6.91. The van der Waals surface area contributed by atoms with Gasteiger partial charge in [-0.05, 0) is 80.5 Å². The molecule has 6 rings (SSSR count). The van der Waals surface area contributed by atoms with Crippen LogP contribution in [0.15, 0.2) is 48.8 Å². The van der Waals surface area contributed by atoms with Gasteiger partial charge >= 0.3 is 17.1 Å². The molecule has 0 amide bonds. The first-order valence-electron chi connectivity index (χ1n) is 10.9. The Morgan fingerprint density at radius 1 is 0.812 bits per heavy atom. The molecule has 1 radical (unpaired) electrons. The Hall–Kier alpha value is -2.28. The summed E-state index contributed by atoms with van der Waals surface area (Å²) in [4.78, 5) is 31.8. The van der Waals surface area contributed by atoms with Gasteiger partial charge < -0.3 is 19.8 Å². The van der Waals surface area contributed by atoms with Crippen LogP contribution in [0.2, 0.25) is 0 Å². The van der Waals surface area contributed by atoms with Gasteiger partial charge in [0.2, 0.25) is 0 Å². The average Bonchev–Trinajstić information content (AvgIpc) is 2.73. The molecular weight excluding hydrogens is 458 g/mol. The van der Waals surface area contributed by atoms with E-state index in [1.54, 1.807) is 17.3 Å². The molecule has 0 spiro atoms. The summed E-state index contributed by atoms with van der Waals surface area (Å²) in [6, 6.07) is 11.6. The van der Waals surface area contributed by atoms with Crippen LogP contribution in [-0.4, -0.2) is 45.4 Å². The number of carboxylic acids is 2. The summed E-state index contributed by atoms with van der Waals surface area (Å²) in [5.41, 5.74) is 1.60. The Morgan fingerprint density at radius 2 is 1.22 bits per heavy atom. The number of nitrogens with zero attached hydrogens (tertiary/aromatic N) is 3. The van der Waals surface area contributed by atoms with Gasteiger partial charge in [0.25, 0.3) is 0 Å². The van der Waals surface area contributed by atoms with E-state index in [9.17, 15) is 19.8 Å². The van der Waals surface area contributed by atoms with Crippen molar-refractivity contribution in [2.45, 2.75) is 44.1 Å². The molecule has 4 fully saturated rings. The molecule has 8 heteroatoms. The van der Waals surface area contributed by atoms with E-state index in [2.05, 4.69) is 9.97 Å². The van der Waals surface area contributed by atoms with E-state index in [-0.39, 0.29) is 35.7 Å². The standard InChI is InChI=1S/C14H21NO4.C10H8N2.Cu/c16-12(17)7-15(8-13(18)19)14-4-9-1-10(5-14)3-11(2-9)6-14;1-3-7-11-9(5-1)10-6-2-4-8-12-10;/h9-11H,1-8H2,(H,16,17)(H,18,19);1-8H;/q;;+2/p-2. The van der Waals surface area contributed by atoms with Gasteiger partial charge in [-0.1, -0.05) is 12.1 Å². The molecule has 7 nitrogen and oxygen atoms in total. The van der Waals surface area contributed by atoms with Crippen LogP contribution in [0.3, 0.4) is 0 Å². The fraction of sp³-hybridized carbons (Fsp3) is 0.500. The first kappa shape index (κ1) is 24.4. The summed E-state index contributed by atoms with van der Waals surface area (Å²) < 4.78 is 0. The second-order valence-corrected chi connectivity index (χ2v) is 9.17. The van der Waals surface area contributed by atoms with E-state index in [0.717, 1.165) is 30.7 Å². The van der Waals surface area contributed by atoms with Gasteiger partial charge in [-0.2, -0.15) is 0 Å². The van der Waals surface area contributed by atoms with Crippen LogP contribution in [0.5, 0.6) is 0 Å². The van der Waals surface area contributed by atoms with Gasteiger partial charge in [0.1, 0.15) is 0 Å². The maximum absolute atomic E-state index is 10.9. The Bertz CT molecular complexity index is 821. The molecule has 173 valence electrons. The molecule has 32 heavy (non-hydrogen) atoms. The third kappa shape index (κ3) is 5.74. The molecule has 2 aromatic rings.